The molecule has 1 amide bonds. The van der Waals surface area contributed by atoms with Gasteiger partial charge < -0.3 is 15.5 Å². The molecule has 9 nitrogen and oxygen atoms in total. The number of allylic oxidation sites excluding steroid dienone is 2. The fourth-order valence-electron chi connectivity index (χ4n) is 2.75. The molecule has 0 saturated carbocycles. The molecule has 160 valence electrons. The molecule has 0 saturated heterocycles. The standard InChI is InChI=1S/C20H19N5O4S2/c1-22-20(21)25-19(26)15-7-6-14(10-17(15)31(27)28)29-13-4-2-12(3-5-13)16(30)11-18-23-8-9-24-18/h2-10,15H,11H2,1H3,(H,23,24)(H3,21,22,25,26). The van der Waals surface area contributed by atoms with Gasteiger partial charge in [-0.2, -0.15) is 8.42 Å². The molecule has 1 aliphatic carbocycles. The molecule has 1 aromatic heterocycles. The highest BCUT2D eigenvalue weighted by molar-refractivity contribution is 7.80. The molecule has 0 spiro atoms. The maximum atomic E-state index is 12.3. The van der Waals surface area contributed by atoms with Crippen LogP contribution in [0.4, 0.5) is 0 Å². The van der Waals surface area contributed by atoms with Gasteiger partial charge >= 0.3 is 0 Å². The minimum Gasteiger partial charge on any atom is -0.457 e. The number of carbonyl (C=O) groups is 1. The highest BCUT2D eigenvalue weighted by Crippen LogP contribution is 2.21. The number of imidazole rings is 1. The molecule has 1 unspecified atom stereocenters. The van der Waals surface area contributed by atoms with E-state index in [0.29, 0.717) is 12.2 Å². The second-order valence-corrected chi connectivity index (χ2v) is 7.81. The van der Waals surface area contributed by atoms with E-state index in [2.05, 4.69) is 20.3 Å². The van der Waals surface area contributed by atoms with Crippen LogP contribution in [0.5, 0.6) is 5.75 Å². The number of aliphatic imine (C=N–C) groups is 1. The van der Waals surface area contributed by atoms with E-state index in [1.54, 1.807) is 24.5 Å². The van der Waals surface area contributed by atoms with Gasteiger partial charge in [0.25, 0.3) is 0 Å². The summed E-state index contributed by atoms with van der Waals surface area (Å²) in [7, 11) is -1.23. The molecule has 0 bridgehead atoms. The molecule has 0 fully saturated rings. The van der Waals surface area contributed by atoms with E-state index in [9.17, 15) is 13.2 Å². The number of nitrogens with zero attached hydrogens (tertiary/aromatic N) is 2. The minimum absolute atomic E-state index is 0.106. The summed E-state index contributed by atoms with van der Waals surface area (Å²) in [5.74, 6) is -0.212. The molecular weight excluding hydrogens is 438 g/mol. The summed E-state index contributed by atoms with van der Waals surface area (Å²) in [6.45, 7) is 0. The minimum atomic E-state index is -2.63. The van der Waals surface area contributed by atoms with Crippen LogP contribution in [0.1, 0.15) is 11.4 Å². The van der Waals surface area contributed by atoms with Gasteiger partial charge in [-0.1, -0.05) is 30.4 Å². The molecule has 1 aromatic carbocycles. The lowest BCUT2D eigenvalue weighted by Crippen LogP contribution is -2.42. The van der Waals surface area contributed by atoms with Crippen LogP contribution in [-0.4, -0.2) is 47.0 Å². The number of aromatic nitrogens is 2. The number of guanidine groups is 1. The molecule has 1 heterocycles. The molecular formula is C20H19N5O4S2. The van der Waals surface area contributed by atoms with Crippen molar-refractivity contribution < 1.29 is 17.9 Å². The molecule has 3 rings (SSSR count). The lowest BCUT2D eigenvalue weighted by Gasteiger charge is -2.17. The zero-order chi connectivity index (χ0) is 22.4. The predicted octanol–water partition coefficient (Wildman–Crippen LogP) is 0.931. The Labute approximate surface area is 185 Å². The van der Waals surface area contributed by atoms with Gasteiger partial charge in [-0.3, -0.25) is 15.1 Å². The zero-order valence-corrected chi connectivity index (χ0v) is 18.0. The van der Waals surface area contributed by atoms with Crippen LogP contribution >= 0.6 is 12.2 Å². The lowest BCUT2D eigenvalue weighted by molar-refractivity contribution is -0.120. The summed E-state index contributed by atoms with van der Waals surface area (Å²) in [6, 6.07) is 7.08. The first-order chi connectivity index (χ1) is 14.9. The number of hydrogen-bond acceptors (Lipinski definition) is 7. The highest BCUT2D eigenvalue weighted by atomic mass is 32.2. The number of amides is 1. The molecule has 0 radical (unpaired) electrons. The Bertz CT molecular complexity index is 1200. The van der Waals surface area contributed by atoms with Gasteiger partial charge in [0.15, 0.2) is 5.96 Å². The van der Waals surface area contributed by atoms with Crippen LogP contribution in [0.25, 0.3) is 0 Å². The quantitative estimate of drug-likeness (QED) is 0.254. The second-order valence-electron chi connectivity index (χ2n) is 6.38. The third kappa shape index (κ3) is 5.74. The molecule has 1 aliphatic rings. The number of nitrogens with two attached hydrogens (primary N) is 1. The van der Waals surface area contributed by atoms with Crippen LogP contribution in [0.15, 0.2) is 65.6 Å². The van der Waals surface area contributed by atoms with Crippen molar-refractivity contribution >= 4 is 44.1 Å². The summed E-state index contributed by atoms with van der Waals surface area (Å²) in [6.07, 6.45) is 8.16. The fourth-order valence-corrected chi connectivity index (χ4v) is 3.63. The van der Waals surface area contributed by atoms with Crippen molar-refractivity contribution in [1.29, 1.82) is 0 Å². The van der Waals surface area contributed by atoms with Crippen LogP contribution in [0.2, 0.25) is 0 Å². The van der Waals surface area contributed by atoms with Crippen molar-refractivity contribution in [1.82, 2.24) is 15.3 Å². The van der Waals surface area contributed by atoms with Gasteiger partial charge in [-0.15, -0.1) is 0 Å². The Morgan fingerprint density at radius 3 is 2.71 bits per heavy atom. The number of nitrogens with one attached hydrogen (secondary N) is 2. The maximum absolute atomic E-state index is 12.3. The van der Waals surface area contributed by atoms with E-state index in [0.717, 1.165) is 16.3 Å². The largest absolute Gasteiger partial charge is 0.457 e. The zero-order valence-electron chi connectivity index (χ0n) is 16.4. The summed E-state index contributed by atoms with van der Waals surface area (Å²) >= 11 is 5.44. The van der Waals surface area contributed by atoms with Crippen LogP contribution in [0, 0.1) is 5.92 Å². The first kappa shape index (κ1) is 22.1. The number of carbonyl (C=O) groups excluding carboxylic acids is 1. The average molecular weight is 458 g/mol. The number of H-pyrrole nitrogens is 1. The predicted molar refractivity (Wildman–Crippen MR) is 121 cm³/mol. The summed E-state index contributed by atoms with van der Waals surface area (Å²) in [4.78, 5) is 23.6. The van der Waals surface area contributed by atoms with E-state index in [1.807, 2.05) is 12.1 Å². The van der Waals surface area contributed by atoms with Crippen molar-refractivity contribution in [2.45, 2.75) is 6.42 Å². The lowest BCUT2D eigenvalue weighted by atomic mass is 9.99. The third-order valence-corrected chi connectivity index (χ3v) is 5.44. The number of benzene rings is 1. The Morgan fingerprint density at radius 2 is 2.10 bits per heavy atom. The van der Waals surface area contributed by atoms with E-state index in [-0.39, 0.29) is 16.6 Å². The van der Waals surface area contributed by atoms with Gasteiger partial charge in [0.1, 0.15) is 17.3 Å². The van der Waals surface area contributed by atoms with Gasteiger partial charge in [-0.25, -0.2) is 4.98 Å². The summed E-state index contributed by atoms with van der Waals surface area (Å²) in [5.41, 5.74) is 6.33. The fraction of sp³-hybridized carbons (Fsp3) is 0.150. The van der Waals surface area contributed by atoms with Crippen molar-refractivity contribution in [3.8, 4) is 5.75 Å². The van der Waals surface area contributed by atoms with E-state index in [4.69, 9.17) is 22.7 Å². The molecule has 11 heteroatoms. The number of thiocarbonyl (C=S) groups is 1. The third-order valence-electron chi connectivity index (χ3n) is 4.31. The van der Waals surface area contributed by atoms with Crippen LogP contribution in [-0.2, 0) is 21.5 Å². The first-order valence-corrected chi connectivity index (χ1v) is 10.5. The number of ether oxygens (including phenoxy) is 1. The van der Waals surface area contributed by atoms with Crippen molar-refractivity contribution in [2.75, 3.05) is 7.05 Å². The monoisotopic (exact) mass is 457 g/mol. The van der Waals surface area contributed by atoms with Crippen molar-refractivity contribution in [3.05, 3.63) is 72.0 Å². The Balaban J connectivity index is 1.71. The first-order valence-electron chi connectivity index (χ1n) is 9.06. The van der Waals surface area contributed by atoms with Crippen LogP contribution in [0.3, 0.4) is 0 Å². The van der Waals surface area contributed by atoms with E-state index >= 15 is 0 Å². The smallest absolute Gasteiger partial charge is 0.239 e. The molecule has 4 N–H and O–H groups in total. The van der Waals surface area contributed by atoms with E-state index < -0.39 is 22.1 Å². The topological polar surface area (TPSA) is 140 Å². The van der Waals surface area contributed by atoms with E-state index in [1.165, 1.54) is 25.3 Å². The average Bonchev–Trinajstić information content (AvgIpc) is 3.27. The normalized spacial score (nSPS) is 15.9. The van der Waals surface area contributed by atoms with Crippen molar-refractivity contribution in [3.63, 3.8) is 0 Å². The molecule has 2 aromatic rings. The number of rotatable bonds is 6. The van der Waals surface area contributed by atoms with Gasteiger partial charge in [0.05, 0.1) is 10.8 Å². The van der Waals surface area contributed by atoms with Gasteiger partial charge in [0.2, 0.25) is 16.2 Å². The summed E-state index contributed by atoms with van der Waals surface area (Å²) in [5, 5.41) is 2.34. The number of hydrogen-bond donors (Lipinski definition) is 3. The summed E-state index contributed by atoms with van der Waals surface area (Å²) < 4.78 is 29.0. The Hall–Kier alpha value is -3.57. The van der Waals surface area contributed by atoms with Crippen LogP contribution < -0.4 is 15.8 Å². The maximum Gasteiger partial charge on any atom is 0.239 e. The Kier molecular flexibility index (Phi) is 7.11. The highest BCUT2D eigenvalue weighted by Gasteiger charge is 2.26. The molecule has 1 atom stereocenters. The van der Waals surface area contributed by atoms with Gasteiger partial charge in [-0.05, 0) is 23.8 Å². The molecule has 0 aliphatic heterocycles. The van der Waals surface area contributed by atoms with Gasteiger partial charge in [0, 0.05) is 36.8 Å². The molecule has 31 heavy (non-hydrogen) atoms. The number of aromatic amines is 1. The second kappa shape index (κ2) is 9.96. The Morgan fingerprint density at radius 1 is 1.35 bits per heavy atom. The SMILES string of the molecule is CN=C(N)NC(=O)C1C=CC(Oc2ccc(C(=S)Cc3ncc[nH]3)cc2)=CC1=S(=O)=O. The van der Waals surface area contributed by atoms with Crippen molar-refractivity contribution in [2.24, 2.45) is 16.6 Å².